The Hall–Kier alpha value is -3.23. The van der Waals surface area contributed by atoms with Crippen molar-refractivity contribution in [2.75, 3.05) is 45.2 Å². The third-order valence-electron chi connectivity index (χ3n) is 8.55. The van der Waals surface area contributed by atoms with Crippen LogP contribution in [0.2, 0.25) is 0 Å². The summed E-state index contributed by atoms with van der Waals surface area (Å²) in [5.41, 5.74) is 6.74. The van der Waals surface area contributed by atoms with Gasteiger partial charge in [-0.05, 0) is 80.9 Å². The van der Waals surface area contributed by atoms with E-state index in [0.717, 1.165) is 92.4 Å². The van der Waals surface area contributed by atoms with Crippen LogP contribution in [0, 0.1) is 25.7 Å². The Morgan fingerprint density at radius 1 is 1.05 bits per heavy atom. The molecule has 41 heavy (non-hydrogen) atoms. The summed E-state index contributed by atoms with van der Waals surface area (Å²) in [7, 11) is 3.69. The molecule has 2 aromatic carbocycles. The molecule has 5 rings (SSSR count). The SMILES string of the molecule is Cc1cc(CN2CCC(C(=O)N(C)C)CC2)ccc1COc1c(C)cccc1-c1csc(N2CCC(C=O)CC2)n1. The van der Waals surface area contributed by atoms with Crippen LogP contribution in [0.25, 0.3) is 11.3 Å². The van der Waals surface area contributed by atoms with Crippen LogP contribution in [-0.4, -0.2) is 67.3 Å². The Labute approximate surface area is 248 Å². The molecule has 1 amide bonds. The van der Waals surface area contributed by atoms with Gasteiger partial charge in [-0.1, -0.05) is 30.3 Å². The van der Waals surface area contributed by atoms with Crippen molar-refractivity contribution in [1.82, 2.24) is 14.8 Å². The van der Waals surface area contributed by atoms with Crippen molar-refractivity contribution in [1.29, 1.82) is 0 Å². The van der Waals surface area contributed by atoms with E-state index in [2.05, 4.69) is 65.4 Å². The van der Waals surface area contributed by atoms with Gasteiger partial charge in [0.1, 0.15) is 18.6 Å². The van der Waals surface area contributed by atoms with Crippen molar-refractivity contribution in [3.8, 4) is 17.0 Å². The van der Waals surface area contributed by atoms with Gasteiger partial charge in [0.25, 0.3) is 0 Å². The topological polar surface area (TPSA) is 66.0 Å². The lowest BCUT2D eigenvalue weighted by atomic mass is 9.95. The van der Waals surface area contributed by atoms with Crippen molar-refractivity contribution in [2.45, 2.75) is 52.7 Å². The van der Waals surface area contributed by atoms with E-state index in [1.54, 1.807) is 16.2 Å². The molecule has 1 aromatic heterocycles. The molecule has 2 aliphatic rings. The van der Waals surface area contributed by atoms with E-state index in [1.165, 1.54) is 16.7 Å². The highest BCUT2D eigenvalue weighted by molar-refractivity contribution is 7.14. The van der Waals surface area contributed by atoms with Gasteiger partial charge >= 0.3 is 0 Å². The number of aryl methyl sites for hydroxylation is 2. The smallest absolute Gasteiger partial charge is 0.225 e. The molecule has 2 aliphatic heterocycles. The molecule has 3 aromatic rings. The lowest BCUT2D eigenvalue weighted by Gasteiger charge is -2.32. The van der Waals surface area contributed by atoms with Crippen LogP contribution >= 0.6 is 11.3 Å². The number of nitrogens with zero attached hydrogens (tertiary/aromatic N) is 4. The van der Waals surface area contributed by atoms with E-state index >= 15 is 0 Å². The summed E-state index contributed by atoms with van der Waals surface area (Å²) in [6.45, 7) is 9.31. The summed E-state index contributed by atoms with van der Waals surface area (Å²) in [6, 6.07) is 12.9. The number of aldehydes is 1. The zero-order valence-electron chi connectivity index (χ0n) is 24.8. The second-order valence-corrected chi connectivity index (χ2v) is 12.6. The van der Waals surface area contributed by atoms with Gasteiger partial charge in [0.2, 0.25) is 5.91 Å². The number of anilines is 1. The van der Waals surface area contributed by atoms with Crippen LogP contribution in [0.15, 0.2) is 41.8 Å². The van der Waals surface area contributed by atoms with Crippen LogP contribution in [0.4, 0.5) is 5.13 Å². The Balaban J connectivity index is 1.21. The van der Waals surface area contributed by atoms with Gasteiger partial charge in [0, 0.05) is 56.5 Å². The molecule has 218 valence electrons. The molecular formula is C33H42N4O3S. The van der Waals surface area contributed by atoms with Crippen molar-refractivity contribution >= 4 is 28.7 Å². The minimum absolute atomic E-state index is 0.158. The number of amides is 1. The Morgan fingerprint density at radius 2 is 1.80 bits per heavy atom. The van der Waals surface area contributed by atoms with E-state index in [9.17, 15) is 9.59 Å². The average Bonchev–Trinajstić information content (AvgIpc) is 3.47. The fraction of sp³-hybridized carbons (Fsp3) is 0.485. The number of benzene rings is 2. The summed E-state index contributed by atoms with van der Waals surface area (Å²) in [5, 5.41) is 3.12. The first-order chi connectivity index (χ1) is 19.8. The predicted molar refractivity (Wildman–Crippen MR) is 165 cm³/mol. The van der Waals surface area contributed by atoms with Crippen molar-refractivity contribution in [3.05, 3.63) is 64.0 Å². The second-order valence-electron chi connectivity index (χ2n) is 11.8. The van der Waals surface area contributed by atoms with E-state index in [0.29, 0.717) is 6.61 Å². The van der Waals surface area contributed by atoms with Gasteiger partial charge < -0.3 is 19.3 Å². The maximum atomic E-state index is 12.3. The molecule has 2 saturated heterocycles. The monoisotopic (exact) mass is 574 g/mol. The number of piperidine rings is 2. The normalized spacial score (nSPS) is 17.0. The van der Waals surface area contributed by atoms with E-state index in [4.69, 9.17) is 9.72 Å². The molecule has 0 N–H and O–H groups in total. The van der Waals surface area contributed by atoms with Gasteiger partial charge in [-0.15, -0.1) is 11.3 Å². The molecule has 0 bridgehead atoms. The molecule has 0 atom stereocenters. The molecule has 0 unspecified atom stereocenters. The molecule has 0 spiro atoms. The van der Waals surface area contributed by atoms with Crippen LogP contribution in [-0.2, 0) is 22.7 Å². The summed E-state index contributed by atoms with van der Waals surface area (Å²) in [5.74, 6) is 1.47. The summed E-state index contributed by atoms with van der Waals surface area (Å²) >= 11 is 1.66. The highest BCUT2D eigenvalue weighted by atomic mass is 32.1. The Bertz CT molecular complexity index is 1350. The minimum Gasteiger partial charge on any atom is -0.488 e. The third-order valence-corrected chi connectivity index (χ3v) is 9.45. The molecule has 7 nitrogen and oxygen atoms in total. The first-order valence-corrected chi connectivity index (χ1v) is 15.6. The van der Waals surface area contributed by atoms with Gasteiger partial charge in [0.05, 0.1) is 5.69 Å². The number of hydrogen-bond donors (Lipinski definition) is 0. The maximum absolute atomic E-state index is 12.3. The van der Waals surface area contributed by atoms with Crippen LogP contribution in [0.3, 0.4) is 0 Å². The Morgan fingerprint density at radius 3 is 2.49 bits per heavy atom. The van der Waals surface area contributed by atoms with E-state index in [-0.39, 0.29) is 17.7 Å². The number of carbonyl (C=O) groups is 2. The van der Waals surface area contributed by atoms with Crippen LogP contribution in [0.1, 0.15) is 47.9 Å². The summed E-state index contributed by atoms with van der Waals surface area (Å²) < 4.78 is 6.48. The van der Waals surface area contributed by atoms with Gasteiger partial charge in [0.15, 0.2) is 5.13 Å². The average molecular weight is 575 g/mol. The minimum atomic E-state index is 0.158. The molecule has 3 heterocycles. The lowest BCUT2D eigenvalue weighted by Crippen LogP contribution is -2.39. The lowest BCUT2D eigenvalue weighted by molar-refractivity contribution is -0.134. The van der Waals surface area contributed by atoms with E-state index < -0.39 is 0 Å². The number of likely N-dealkylation sites (tertiary alicyclic amines) is 1. The number of thiazole rings is 1. The molecule has 0 saturated carbocycles. The van der Waals surface area contributed by atoms with E-state index in [1.807, 2.05) is 14.1 Å². The number of carbonyl (C=O) groups excluding carboxylic acids is 2. The van der Waals surface area contributed by atoms with Gasteiger partial charge in [-0.25, -0.2) is 4.98 Å². The van der Waals surface area contributed by atoms with Crippen LogP contribution in [0.5, 0.6) is 5.75 Å². The molecule has 2 fully saturated rings. The molecular weight excluding hydrogens is 532 g/mol. The first kappa shape index (κ1) is 29.3. The second kappa shape index (κ2) is 13.2. The zero-order valence-corrected chi connectivity index (χ0v) is 25.6. The van der Waals surface area contributed by atoms with Gasteiger partial charge in [-0.2, -0.15) is 0 Å². The van der Waals surface area contributed by atoms with Crippen LogP contribution < -0.4 is 9.64 Å². The maximum Gasteiger partial charge on any atom is 0.225 e. The number of ether oxygens (including phenoxy) is 1. The fourth-order valence-corrected chi connectivity index (χ4v) is 6.81. The molecule has 8 heteroatoms. The highest BCUT2D eigenvalue weighted by Gasteiger charge is 2.26. The quantitative estimate of drug-likeness (QED) is 0.305. The van der Waals surface area contributed by atoms with Crippen molar-refractivity contribution in [3.63, 3.8) is 0 Å². The molecule has 0 radical (unpaired) electrons. The first-order valence-electron chi connectivity index (χ1n) is 14.7. The number of aromatic nitrogens is 1. The van der Waals surface area contributed by atoms with Gasteiger partial charge in [-0.3, -0.25) is 9.69 Å². The number of hydrogen-bond acceptors (Lipinski definition) is 7. The summed E-state index contributed by atoms with van der Waals surface area (Å²) in [4.78, 5) is 34.9. The highest BCUT2D eigenvalue weighted by Crippen LogP contribution is 2.37. The van der Waals surface area contributed by atoms with Crippen molar-refractivity contribution in [2.24, 2.45) is 11.8 Å². The predicted octanol–water partition coefficient (Wildman–Crippen LogP) is 5.72. The summed E-state index contributed by atoms with van der Waals surface area (Å²) in [6.07, 6.45) is 4.74. The number of para-hydroxylation sites is 1. The Kier molecular flexibility index (Phi) is 9.40. The van der Waals surface area contributed by atoms with Crippen molar-refractivity contribution < 1.29 is 14.3 Å². The number of rotatable bonds is 9. The molecule has 0 aliphatic carbocycles. The fourth-order valence-electron chi connectivity index (χ4n) is 5.94. The standard InChI is InChI=1S/C33H42N4O3S/c1-23-6-5-7-29(30-22-41-33(34-30)37-16-10-25(20-38)11-17-37)31(23)40-21-28-9-8-26(18-24(28)2)19-36-14-12-27(13-15-36)32(39)35(3)4/h5-9,18,20,22,25,27H,10-17,19,21H2,1-4H3. The largest absolute Gasteiger partial charge is 0.488 e. The third kappa shape index (κ3) is 6.99. The zero-order chi connectivity index (χ0) is 28.9.